The van der Waals surface area contributed by atoms with Crippen molar-refractivity contribution in [1.29, 1.82) is 0 Å². The van der Waals surface area contributed by atoms with Crippen molar-refractivity contribution in [1.82, 2.24) is 4.90 Å². The molecule has 0 bridgehead atoms. The van der Waals surface area contributed by atoms with E-state index in [-0.39, 0.29) is 16.8 Å². The third kappa shape index (κ3) is 3.17. The Morgan fingerprint density at radius 3 is 2.72 bits per heavy atom. The summed E-state index contributed by atoms with van der Waals surface area (Å²) >= 11 is 8.63. The van der Waals surface area contributed by atoms with Gasteiger partial charge in [-0.1, -0.05) is 46.3 Å². The lowest BCUT2D eigenvalue weighted by molar-refractivity contribution is 0.0757. The van der Waals surface area contributed by atoms with Crippen LogP contribution in [0.25, 0.3) is 21.7 Å². The van der Waals surface area contributed by atoms with Crippen molar-refractivity contribution in [3.63, 3.8) is 0 Å². The number of benzene rings is 3. The summed E-state index contributed by atoms with van der Waals surface area (Å²) in [7, 11) is 0. The van der Waals surface area contributed by atoms with E-state index in [0.29, 0.717) is 22.0 Å². The Bertz CT molecular complexity index is 1490. The molecule has 0 saturated carbocycles. The minimum Gasteiger partial charge on any atom is -0.421 e. The van der Waals surface area contributed by atoms with Crippen LogP contribution in [0.15, 0.2) is 66.7 Å². The molecule has 1 amide bonds. The second-order valence-electron chi connectivity index (χ2n) is 8.13. The fraction of sp³-hybridized carbons (Fsp3) is 0.200. The average Bonchev–Trinajstić information content (AvgIpc) is 3.42. The van der Waals surface area contributed by atoms with Gasteiger partial charge >= 0.3 is 5.63 Å². The highest BCUT2D eigenvalue weighted by Gasteiger charge is 2.34. The zero-order valence-corrected chi connectivity index (χ0v) is 20.8. The van der Waals surface area contributed by atoms with E-state index in [2.05, 4.69) is 62.2 Å². The summed E-state index contributed by atoms with van der Waals surface area (Å²) in [5.74, 6) is 0.546. The minimum absolute atomic E-state index is 0.0703. The molecule has 1 aromatic heterocycles. The summed E-state index contributed by atoms with van der Waals surface area (Å²) in [6.45, 7) is 0.594. The molecule has 1 aliphatic carbocycles. The molecule has 4 aromatic rings. The summed E-state index contributed by atoms with van der Waals surface area (Å²) in [5, 5.41) is 3.12. The van der Waals surface area contributed by atoms with Crippen LogP contribution in [-0.4, -0.2) is 23.1 Å². The number of nitrogens with zero attached hydrogens (tertiary/aromatic N) is 1. The highest BCUT2D eigenvalue weighted by molar-refractivity contribution is 9.11. The van der Waals surface area contributed by atoms with Crippen LogP contribution in [0.5, 0.6) is 0 Å². The van der Waals surface area contributed by atoms with Gasteiger partial charge < -0.3 is 9.32 Å². The van der Waals surface area contributed by atoms with Gasteiger partial charge in [0.15, 0.2) is 5.58 Å². The van der Waals surface area contributed by atoms with Gasteiger partial charge in [-0.2, -0.15) is 0 Å². The number of hydrogen-bond acceptors (Lipinski definition) is 4. The second-order valence-corrected chi connectivity index (χ2v) is 11.1. The fourth-order valence-electron chi connectivity index (χ4n) is 4.88. The van der Waals surface area contributed by atoms with Crippen molar-refractivity contribution in [2.45, 2.75) is 18.2 Å². The maximum Gasteiger partial charge on any atom is 0.349 e. The van der Waals surface area contributed by atoms with Crippen LogP contribution in [0.3, 0.4) is 0 Å². The van der Waals surface area contributed by atoms with Gasteiger partial charge in [0.25, 0.3) is 5.91 Å². The number of rotatable bonds is 2. The van der Waals surface area contributed by atoms with Crippen molar-refractivity contribution in [3.8, 4) is 0 Å². The van der Waals surface area contributed by atoms with Crippen LogP contribution in [0.1, 0.15) is 32.4 Å². The van der Waals surface area contributed by atoms with Crippen molar-refractivity contribution < 1.29 is 9.21 Å². The first-order valence-corrected chi connectivity index (χ1v) is 13.0. The predicted octanol–water partition coefficient (Wildman–Crippen LogP) is 6.46. The highest BCUT2D eigenvalue weighted by Crippen LogP contribution is 2.44. The van der Waals surface area contributed by atoms with Gasteiger partial charge in [0, 0.05) is 22.2 Å². The van der Waals surface area contributed by atoms with Crippen molar-refractivity contribution >= 4 is 71.3 Å². The third-order valence-electron chi connectivity index (χ3n) is 6.31. The molecule has 1 fully saturated rings. The van der Waals surface area contributed by atoms with Crippen LogP contribution >= 0.6 is 43.6 Å². The van der Waals surface area contributed by atoms with Crippen molar-refractivity contribution in [3.05, 3.63) is 90.2 Å². The maximum absolute atomic E-state index is 13.6. The molecule has 7 heteroatoms. The molecular weight excluding hydrogens is 554 g/mol. The second kappa shape index (κ2) is 7.75. The van der Waals surface area contributed by atoms with E-state index in [1.807, 2.05) is 17.0 Å². The molecule has 3 aromatic carbocycles. The number of carbonyl (C=O) groups is 1. The zero-order valence-electron chi connectivity index (χ0n) is 16.9. The number of amides is 1. The topological polar surface area (TPSA) is 50.5 Å². The van der Waals surface area contributed by atoms with Gasteiger partial charge in [-0.15, -0.1) is 11.8 Å². The molecule has 4 nitrogen and oxygen atoms in total. The van der Waals surface area contributed by atoms with Gasteiger partial charge in [-0.05, 0) is 74.4 Å². The van der Waals surface area contributed by atoms with Gasteiger partial charge in [0.05, 0.1) is 4.47 Å². The van der Waals surface area contributed by atoms with E-state index in [4.69, 9.17) is 4.42 Å². The first kappa shape index (κ1) is 20.5. The molecule has 0 unspecified atom stereocenters. The monoisotopic (exact) mass is 569 g/mol. The lowest BCUT2D eigenvalue weighted by Gasteiger charge is -2.25. The average molecular weight is 571 g/mol. The Morgan fingerprint density at radius 1 is 1.06 bits per heavy atom. The third-order valence-corrected chi connectivity index (χ3v) is 8.60. The highest BCUT2D eigenvalue weighted by atomic mass is 79.9. The molecule has 1 aliphatic heterocycles. The van der Waals surface area contributed by atoms with Gasteiger partial charge in [-0.25, -0.2) is 4.79 Å². The minimum atomic E-state index is -0.610. The lowest BCUT2D eigenvalue weighted by Crippen LogP contribution is -2.33. The summed E-state index contributed by atoms with van der Waals surface area (Å²) in [6, 6.07) is 16.1. The van der Waals surface area contributed by atoms with Crippen molar-refractivity contribution in [2.75, 3.05) is 12.3 Å². The van der Waals surface area contributed by atoms with Crippen LogP contribution in [0.2, 0.25) is 0 Å². The number of hydrogen-bond donors (Lipinski definition) is 0. The molecular formula is C25H17Br2NO3S. The maximum atomic E-state index is 13.6. The summed E-state index contributed by atoms with van der Waals surface area (Å²) < 4.78 is 7.04. The van der Waals surface area contributed by atoms with Crippen LogP contribution in [0, 0.1) is 0 Å². The van der Waals surface area contributed by atoms with Crippen LogP contribution < -0.4 is 5.63 Å². The Labute approximate surface area is 205 Å². The SMILES string of the molecule is O=C(c1cc2cc(Br)cc(Br)c2oc1=O)N1CCS[C@H]1c1ccc2c3c(cccc13)CC2. The molecule has 160 valence electrons. The number of aryl methyl sites for hydroxylation is 2. The number of thioether (sulfide) groups is 1. The zero-order chi connectivity index (χ0) is 22.0. The van der Waals surface area contributed by atoms with Crippen LogP contribution in [0.4, 0.5) is 0 Å². The van der Waals surface area contributed by atoms with E-state index in [1.165, 1.54) is 21.9 Å². The number of fused-ring (bicyclic) bond motifs is 1. The molecule has 2 aliphatic rings. The summed E-state index contributed by atoms with van der Waals surface area (Å²) in [5.41, 5.74) is 3.80. The standard InChI is InChI=1S/C25H17Br2NO3S/c26-16-10-15-11-19(25(30)31-22(15)20(27)12-16)23(29)28-8-9-32-24(28)18-7-6-14-5-4-13-2-1-3-17(18)21(13)14/h1-3,6-7,10-12,24H,4-5,8-9H2/t24-/m0/s1. The first-order valence-electron chi connectivity index (χ1n) is 10.4. The lowest BCUT2D eigenvalue weighted by atomic mass is 9.99. The van der Waals surface area contributed by atoms with Gasteiger partial charge in [0.2, 0.25) is 0 Å². The summed E-state index contributed by atoms with van der Waals surface area (Å²) in [6.07, 6.45) is 2.14. The van der Waals surface area contributed by atoms with E-state index < -0.39 is 5.63 Å². The smallest absolute Gasteiger partial charge is 0.349 e. The molecule has 32 heavy (non-hydrogen) atoms. The normalized spacial score (nSPS) is 17.6. The molecule has 2 heterocycles. The molecule has 6 rings (SSSR count). The van der Waals surface area contributed by atoms with Crippen molar-refractivity contribution in [2.24, 2.45) is 0 Å². The number of carbonyl (C=O) groups excluding carboxylic acids is 1. The van der Waals surface area contributed by atoms with Gasteiger partial charge in [0.1, 0.15) is 10.9 Å². The molecule has 0 spiro atoms. The Hall–Kier alpha value is -2.09. The first-order chi connectivity index (χ1) is 15.5. The molecule has 0 radical (unpaired) electrons. The largest absolute Gasteiger partial charge is 0.421 e. The Morgan fingerprint density at radius 2 is 1.88 bits per heavy atom. The molecule has 0 N–H and O–H groups in total. The van der Waals surface area contributed by atoms with Crippen LogP contribution in [-0.2, 0) is 12.8 Å². The molecule has 1 saturated heterocycles. The summed E-state index contributed by atoms with van der Waals surface area (Å²) in [4.78, 5) is 28.2. The van der Waals surface area contributed by atoms with E-state index in [9.17, 15) is 9.59 Å². The fourth-order valence-corrected chi connectivity index (χ4v) is 7.51. The van der Waals surface area contributed by atoms with E-state index >= 15 is 0 Å². The quantitative estimate of drug-likeness (QED) is 0.260. The Kier molecular flexibility index (Phi) is 4.97. The van der Waals surface area contributed by atoms with E-state index in [0.717, 1.165) is 28.6 Å². The van der Waals surface area contributed by atoms with E-state index in [1.54, 1.807) is 17.8 Å². The molecule has 1 atom stereocenters. The predicted molar refractivity (Wildman–Crippen MR) is 135 cm³/mol. The Balaban J connectivity index is 1.45. The number of halogens is 2. The van der Waals surface area contributed by atoms with Gasteiger partial charge in [-0.3, -0.25) is 4.79 Å².